The number of nitrogens with one attached hydrogen (secondary N) is 5. The van der Waals surface area contributed by atoms with Crippen molar-refractivity contribution in [3.63, 3.8) is 0 Å². The van der Waals surface area contributed by atoms with Crippen LogP contribution in [0.3, 0.4) is 0 Å². The summed E-state index contributed by atoms with van der Waals surface area (Å²) in [6.07, 6.45) is 4.90. The number of piperidine rings is 2. The number of piperazine rings is 1. The van der Waals surface area contributed by atoms with Crippen LogP contribution in [0.1, 0.15) is 72.6 Å². The molecule has 7 rings (SSSR count). The third kappa shape index (κ3) is 5.72. The minimum atomic E-state index is -1.24. The molecular formula is C34H55F2N9O2. The average molecular weight is 660 g/mol. The summed E-state index contributed by atoms with van der Waals surface area (Å²) in [5.41, 5.74) is 7.73. The molecule has 6 fully saturated rings. The molecule has 11 unspecified atom stereocenters. The number of alkyl halides is 2. The second-order valence-electron chi connectivity index (χ2n) is 15.6. The number of carbonyl (C=O) groups is 2. The van der Waals surface area contributed by atoms with Gasteiger partial charge in [-0.2, -0.15) is 0 Å². The van der Waals surface area contributed by atoms with E-state index in [0.717, 1.165) is 44.3 Å². The van der Waals surface area contributed by atoms with E-state index in [1.807, 2.05) is 22.9 Å². The molecule has 5 N–H and O–H groups in total. The zero-order chi connectivity index (χ0) is 33.1. The number of rotatable bonds is 3. The summed E-state index contributed by atoms with van der Waals surface area (Å²) in [6, 6.07) is -1.28. The average Bonchev–Trinajstić information content (AvgIpc) is 3.52. The summed E-state index contributed by atoms with van der Waals surface area (Å²) in [5.74, 6) is -0.558. The number of fused-ring (bicyclic) bond motifs is 7. The molecule has 13 atom stereocenters. The fourth-order valence-electron chi connectivity index (χ4n) is 10.4. The fraction of sp³-hybridized carbons (Fsp3) is 0.824. The van der Waals surface area contributed by atoms with Crippen LogP contribution in [0.2, 0.25) is 0 Å². The van der Waals surface area contributed by atoms with Crippen LogP contribution in [0.5, 0.6) is 0 Å². The fourth-order valence-corrected chi connectivity index (χ4v) is 10.4. The highest BCUT2D eigenvalue weighted by molar-refractivity contribution is 5.87. The topological polar surface area (TPSA) is 107 Å². The molecule has 3 amide bonds. The smallest absolute Gasteiger partial charge is 0.320 e. The molecule has 7 aliphatic rings. The molecule has 6 heterocycles. The van der Waals surface area contributed by atoms with Gasteiger partial charge in [0.1, 0.15) is 12.3 Å². The van der Waals surface area contributed by atoms with E-state index in [1.165, 1.54) is 6.08 Å². The first-order valence-corrected chi connectivity index (χ1v) is 18.1. The van der Waals surface area contributed by atoms with Gasteiger partial charge in [0.05, 0.1) is 24.4 Å². The highest BCUT2D eigenvalue weighted by atomic mass is 19.1. The summed E-state index contributed by atoms with van der Waals surface area (Å²) in [7, 11) is 0. The Kier molecular flexibility index (Phi) is 9.20. The molecule has 0 radical (unpaired) electrons. The normalized spacial score (nSPS) is 44.1. The number of urea groups is 1. The van der Waals surface area contributed by atoms with Crippen LogP contribution in [0, 0.1) is 23.7 Å². The highest BCUT2D eigenvalue weighted by Crippen LogP contribution is 2.45. The molecule has 11 nitrogen and oxygen atoms in total. The quantitative estimate of drug-likeness (QED) is 0.295. The van der Waals surface area contributed by atoms with Gasteiger partial charge in [0, 0.05) is 61.0 Å². The van der Waals surface area contributed by atoms with E-state index in [1.54, 1.807) is 0 Å². The number of nitrogens with zero attached hydrogens (tertiary/aromatic N) is 4. The molecule has 0 aromatic rings. The third-order valence-electron chi connectivity index (χ3n) is 12.6. The molecule has 1 saturated carbocycles. The van der Waals surface area contributed by atoms with E-state index < -0.39 is 36.6 Å². The molecule has 1 aliphatic carbocycles. The maximum atomic E-state index is 16.8. The molecular weight excluding hydrogens is 604 g/mol. The number of hydrazine groups is 2. The minimum absolute atomic E-state index is 0.00426. The van der Waals surface area contributed by atoms with Gasteiger partial charge < -0.3 is 25.9 Å². The molecule has 2 bridgehead atoms. The van der Waals surface area contributed by atoms with Gasteiger partial charge in [-0.25, -0.2) is 13.6 Å². The van der Waals surface area contributed by atoms with Crippen molar-refractivity contribution in [2.75, 3.05) is 19.6 Å². The van der Waals surface area contributed by atoms with Crippen LogP contribution < -0.4 is 26.9 Å². The van der Waals surface area contributed by atoms with Crippen LogP contribution in [0.25, 0.3) is 0 Å². The zero-order valence-corrected chi connectivity index (χ0v) is 28.4. The van der Waals surface area contributed by atoms with Crippen LogP contribution in [0.15, 0.2) is 24.6 Å². The first kappa shape index (κ1) is 33.0. The molecule has 0 spiro atoms. The number of hydrogen-bond acceptors (Lipinski definition) is 8. The molecule has 13 heteroatoms. The lowest BCUT2D eigenvalue weighted by Crippen LogP contribution is -2.81. The van der Waals surface area contributed by atoms with E-state index >= 15 is 8.78 Å². The zero-order valence-electron chi connectivity index (χ0n) is 28.4. The van der Waals surface area contributed by atoms with Gasteiger partial charge in [-0.05, 0) is 76.8 Å². The number of hydrogen-bond donors (Lipinski definition) is 5. The lowest BCUT2D eigenvalue weighted by atomic mass is 9.68. The largest absolute Gasteiger partial charge is 0.334 e. The Hall–Kier alpha value is -2.48. The predicted octanol–water partition coefficient (Wildman–Crippen LogP) is 2.56. The van der Waals surface area contributed by atoms with Crippen LogP contribution in [0.4, 0.5) is 13.6 Å². The maximum absolute atomic E-state index is 16.8. The number of carbonyl (C=O) groups excluding carboxylic acids is 2. The van der Waals surface area contributed by atoms with Crippen LogP contribution in [-0.2, 0) is 4.79 Å². The summed E-state index contributed by atoms with van der Waals surface area (Å²) in [5, 5.41) is 13.1. The summed E-state index contributed by atoms with van der Waals surface area (Å²) < 4.78 is 32.9. The minimum Gasteiger partial charge on any atom is -0.334 e. The standard InChI is InChI=1S/C34H55F2N9O2/c1-6-27(46)42-16-20(5)43(17-19(42)4)32-23-14-25(36)30-28-21(8-7-9-24(28)35)10-11-22-15-38-41-45(22)26-12-13-37-29(18(2)3)31(26)44(33(23)39-30)34(47)40-32/h6,15,18-21,23-26,28-33,37-39,41H,1,7-14,16-17H2,2-5H3,(H,40,47)/t19-,20+,21?,23?,24?,25?,26?,28?,29?,30?,31?,32?,33?/m1/s1. The van der Waals surface area contributed by atoms with Crippen molar-refractivity contribution < 1.29 is 18.4 Å². The maximum Gasteiger partial charge on any atom is 0.320 e. The molecule has 262 valence electrons. The van der Waals surface area contributed by atoms with E-state index in [-0.39, 0.29) is 66.3 Å². The molecule has 0 aromatic heterocycles. The van der Waals surface area contributed by atoms with Crippen molar-refractivity contribution >= 4 is 11.9 Å². The first-order chi connectivity index (χ1) is 22.6. The first-order valence-electron chi connectivity index (χ1n) is 18.1. The van der Waals surface area contributed by atoms with Gasteiger partial charge >= 0.3 is 6.03 Å². The Labute approximate surface area is 278 Å². The lowest BCUT2D eigenvalue weighted by molar-refractivity contribution is -0.137. The van der Waals surface area contributed by atoms with E-state index in [2.05, 4.69) is 64.2 Å². The van der Waals surface area contributed by atoms with Crippen molar-refractivity contribution in [1.82, 2.24) is 46.6 Å². The van der Waals surface area contributed by atoms with Crippen molar-refractivity contribution in [2.24, 2.45) is 23.7 Å². The van der Waals surface area contributed by atoms with Crippen LogP contribution in [-0.4, -0.2) is 112 Å². The summed E-state index contributed by atoms with van der Waals surface area (Å²) >= 11 is 0. The Morgan fingerprint density at radius 1 is 1.06 bits per heavy atom. The summed E-state index contributed by atoms with van der Waals surface area (Å²) in [6.45, 7) is 14.0. The van der Waals surface area contributed by atoms with Gasteiger partial charge in [0.2, 0.25) is 5.91 Å². The number of amides is 3. The van der Waals surface area contributed by atoms with Crippen molar-refractivity contribution in [3.05, 3.63) is 24.6 Å². The van der Waals surface area contributed by atoms with Gasteiger partial charge in [0.25, 0.3) is 0 Å². The second kappa shape index (κ2) is 13.1. The molecule has 0 aromatic carbocycles. The Morgan fingerprint density at radius 2 is 1.87 bits per heavy atom. The lowest BCUT2D eigenvalue weighted by Gasteiger charge is -2.61. The SMILES string of the molecule is C=CC(=O)N1C[C@H](C)N(C2NC(=O)N3C4NC(C(F)CC42)C2C(F)CCCC2CCC2=CNNN2C2CCNC(C(C)C)C23)C[C@H]1C. The van der Waals surface area contributed by atoms with Gasteiger partial charge in [-0.3, -0.25) is 20.0 Å². The van der Waals surface area contributed by atoms with Gasteiger partial charge in [-0.1, -0.05) is 26.8 Å². The van der Waals surface area contributed by atoms with Crippen molar-refractivity contribution in [2.45, 2.75) is 134 Å². The van der Waals surface area contributed by atoms with Gasteiger partial charge in [0.15, 0.2) is 0 Å². The molecule has 47 heavy (non-hydrogen) atoms. The van der Waals surface area contributed by atoms with Gasteiger partial charge in [-0.15, -0.1) is 5.53 Å². The highest BCUT2D eigenvalue weighted by Gasteiger charge is 2.58. The van der Waals surface area contributed by atoms with Crippen LogP contribution >= 0.6 is 0 Å². The van der Waals surface area contributed by atoms with Crippen molar-refractivity contribution in [1.29, 1.82) is 0 Å². The monoisotopic (exact) mass is 659 g/mol. The second-order valence-corrected chi connectivity index (χ2v) is 15.6. The summed E-state index contributed by atoms with van der Waals surface area (Å²) in [4.78, 5) is 33.4. The Balaban J connectivity index is 1.30. The molecule has 6 aliphatic heterocycles. The van der Waals surface area contributed by atoms with E-state index in [4.69, 9.17) is 0 Å². The third-order valence-corrected chi connectivity index (χ3v) is 12.6. The van der Waals surface area contributed by atoms with Crippen molar-refractivity contribution in [3.8, 4) is 0 Å². The number of halogens is 2. The Bertz CT molecular complexity index is 1240. The Morgan fingerprint density at radius 3 is 2.64 bits per heavy atom. The number of allylic oxidation sites excluding steroid dienone is 1. The molecule has 5 saturated heterocycles. The van der Waals surface area contributed by atoms with E-state index in [0.29, 0.717) is 19.5 Å². The van der Waals surface area contributed by atoms with E-state index in [9.17, 15) is 9.59 Å². The predicted molar refractivity (Wildman–Crippen MR) is 175 cm³/mol.